The minimum Gasteiger partial charge on any atom is -0.367 e. The highest BCUT2D eigenvalue weighted by Gasteiger charge is 2.53. The van der Waals surface area contributed by atoms with Crippen LogP contribution in [0.1, 0.15) is 46.7 Å². The van der Waals surface area contributed by atoms with E-state index >= 15 is 0 Å². The number of carbonyl (C=O) groups excluding carboxylic acids is 3. The average molecular weight is 517 g/mol. The Kier molecular flexibility index (Phi) is 7.03. The van der Waals surface area contributed by atoms with Gasteiger partial charge in [-0.2, -0.15) is 10.2 Å². The van der Waals surface area contributed by atoms with Crippen LogP contribution in [0.15, 0.2) is 18.2 Å². The zero-order valence-electron chi connectivity index (χ0n) is 19.8. The van der Waals surface area contributed by atoms with Gasteiger partial charge in [0.2, 0.25) is 0 Å². The Labute approximate surface area is 213 Å². The molecule has 10 heteroatoms. The van der Waals surface area contributed by atoms with Crippen LogP contribution in [0.2, 0.25) is 0 Å². The fraction of sp³-hybridized carbons (Fsp3) is 0.560. The molecule has 0 aromatic carbocycles. The van der Waals surface area contributed by atoms with Gasteiger partial charge >= 0.3 is 0 Å². The molecular weight excluding hydrogens is 488 g/mol. The first kappa shape index (κ1) is 24.5. The second kappa shape index (κ2) is 10.0. The minimum absolute atomic E-state index is 0.00596. The van der Waals surface area contributed by atoms with Crippen molar-refractivity contribution in [3.05, 3.63) is 34.5 Å². The van der Waals surface area contributed by atoms with Crippen LogP contribution in [0.5, 0.6) is 0 Å². The van der Waals surface area contributed by atoms with Gasteiger partial charge in [0, 0.05) is 28.9 Å². The largest absolute Gasteiger partial charge is 0.367 e. The van der Waals surface area contributed by atoms with E-state index in [0.717, 1.165) is 53.8 Å². The van der Waals surface area contributed by atoms with Crippen LogP contribution < -0.4 is 5.32 Å². The summed E-state index contributed by atoms with van der Waals surface area (Å²) >= 11 is 7.90. The Morgan fingerprint density at radius 3 is 2.89 bits per heavy atom. The molecule has 2 aromatic rings. The predicted octanol–water partition coefficient (Wildman–Crippen LogP) is 2.94. The van der Waals surface area contributed by atoms with Crippen LogP contribution in [0, 0.1) is 19.8 Å². The smallest absolute Gasteiger partial charge is 0.261 e. The molecule has 35 heavy (non-hydrogen) atoms. The van der Waals surface area contributed by atoms with Gasteiger partial charge in [-0.3, -0.25) is 14.5 Å². The Hall–Kier alpha value is -2.20. The van der Waals surface area contributed by atoms with Crippen molar-refractivity contribution in [1.82, 2.24) is 20.4 Å². The zero-order valence-corrected chi connectivity index (χ0v) is 21.3. The average Bonchev–Trinajstić information content (AvgIpc) is 3.57. The number of nitrogens with one attached hydrogen (secondary N) is 1. The van der Waals surface area contributed by atoms with E-state index in [2.05, 4.69) is 20.4 Å². The summed E-state index contributed by atoms with van der Waals surface area (Å²) in [5, 5.41) is 11.0. The van der Waals surface area contributed by atoms with Crippen LogP contribution in [0.25, 0.3) is 10.4 Å². The molecule has 1 amide bonds. The quantitative estimate of drug-likeness (QED) is 0.465. The number of thiophene rings is 1. The zero-order chi connectivity index (χ0) is 24.7. The molecule has 2 aromatic heterocycles. The molecule has 2 saturated heterocycles. The van der Waals surface area contributed by atoms with E-state index in [1.165, 1.54) is 11.3 Å². The number of fused-ring (bicyclic) bond motifs is 1. The number of hydrogen-bond donors (Lipinski definition) is 1. The third-order valence-corrected chi connectivity index (χ3v) is 8.97. The van der Waals surface area contributed by atoms with Crippen molar-refractivity contribution < 1.29 is 19.1 Å². The number of aldehydes is 1. The first-order chi connectivity index (χ1) is 16.9. The van der Waals surface area contributed by atoms with Crippen molar-refractivity contribution in [2.75, 3.05) is 13.2 Å². The fourth-order valence-electron chi connectivity index (χ4n) is 5.81. The SMILES string of the molecule is Cc1cc(-c2ccc(C(=O)NC(C=O)C3CCCC[C@@H]3N3C[C@H](Cl)[C@H]4OCC(=O)[C@H]43)s2)c(C)nn1. The van der Waals surface area contributed by atoms with Crippen LogP contribution in [0.3, 0.4) is 0 Å². The van der Waals surface area contributed by atoms with E-state index in [9.17, 15) is 14.4 Å². The lowest BCUT2D eigenvalue weighted by molar-refractivity contribution is -0.122. The van der Waals surface area contributed by atoms with E-state index in [4.69, 9.17) is 16.3 Å². The monoisotopic (exact) mass is 516 g/mol. The second-order valence-electron chi connectivity index (χ2n) is 9.70. The molecule has 5 rings (SSSR count). The minimum atomic E-state index is -0.643. The van der Waals surface area contributed by atoms with Gasteiger partial charge < -0.3 is 14.8 Å². The van der Waals surface area contributed by atoms with Gasteiger partial charge in [0.05, 0.1) is 39.8 Å². The molecule has 0 bridgehead atoms. The summed E-state index contributed by atoms with van der Waals surface area (Å²) in [4.78, 5) is 41.6. The number of ether oxygens (including phenoxy) is 1. The Morgan fingerprint density at radius 2 is 2.09 bits per heavy atom. The number of aryl methyl sites for hydroxylation is 2. The van der Waals surface area contributed by atoms with Gasteiger partial charge in [0.25, 0.3) is 5.91 Å². The van der Waals surface area contributed by atoms with E-state index in [1.807, 2.05) is 26.0 Å². The molecule has 8 nitrogen and oxygen atoms in total. The van der Waals surface area contributed by atoms with Gasteiger partial charge in [-0.25, -0.2) is 0 Å². The summed E-state index contributed by atoms with van der Waals surface area (Å²) in [6, 6.07) is 4.63. The number of ketones is 1. The van der Waals surface area contributed by atoms with Crippen molar-refractivity contribution >= 4 is 40.9 Å². The molecule has 0 spiro atoms. The first-order valence-corrected chi connectivity index (χ1v) is 13.3. The third kappa shape index (κ3) is 4.67. The van der Waals surface area contributed by atoms with Gasteiger partial charge in [-0.05, 0) is 44.9 Å². The summed E-state index contributed by atoms with van der Waals surface area (Å²) in [6.07, 6.45) is 4.21. The van der Waals surface area contributed by atoms with Crippen molar-refractivity contribution in [1.29, 1.82) is 0 Å². The maximum Gasteiger partial charge on any atom is 0.261 e. The Bertz CT molecular complexity index is 1140. The molecule has 4 heterocycles. The maximum absolute atomic E-state index is 13.2. The molecule has 2 unspecified atom stereocenters. The summed E-state index contributed by atoms with van der Waals surface area (Å²) < 4.78 is 5.65. The normalized spacial score (nSPS) is 29.7. The highest BCUT2D eigenvalue weighted by atomic mass is 35.5. The maximum atomic E-state index is 13.2. The molecule has 2 aliphatic heterocycles. The molecule has 0 radical (unpaired) electrons. The number of likely N-dealkylation sites (tertiary alicyclic amines) is 1. The van der Waals surface area contributed by atoms with E-state index in [0.29, 0.717) is 11.4 Å². The summed E-state index contributed by atoms with van der Waals surface area (Å²) in [5.74, 6) is -0.305. The van der Waals surface area contributed by atoms with Gasteiger partial charge in [0.1, 0.15) is 12.9 Å². The molecule has 1 aliphatic carbocycles. The Balaban J connectivity index is 1.33. The van der Waals surface area contributed by atoms with Gasteiger partial charge in [-0.1, -0.05) is 12.8 Å². The molecule has 1 saturated carbocycles. The number of alkyl halides is 1. The lowest BCUT2D eigenvalue weighted by Crippen LogP contribution is -2.55. The number of amides is 1. The fourth-order valence-corrected chi connectivity index (χ4v) is 7.16. The number of hydrogen-bond acceptors (Lipinski definition) is 8. The van der Waals surface area contributed by atoms with Crippen molar-refractivity contribution in [2.24, 2.45) is 5.92 Å². The van der Waals surface area contributed by atoms with Crippen molar-refractivity contribution in [3.8, 4) is 10.4 Å². The Morgan fingerprint density at radius 1 is 1.29 bits per heavy atom. The number of aromatic nitrogens is 2. The van der Waals surface area contributed by atoms with Crippen molar-refractivity contribution in [2.45, 2.75) is 69.1 Å². The molecule has 186 valence electrons. The van der Waals surface area contributed by atoms with Gasteiger partial charge in [0.15, 0.2) is 5.78 Å². The van der Waals surface area contributed by atoms with Gasteiger partial charge in [-0.15, -0.1) is 22.9 Å². The third-order valence-electron chi connectivity index (χ3n) is 7.47. The standard InChI is InChI=1S/C25H29ClN4O4S/c1-13-9-16(14(2)29-28-13)21-7-8-22(35-21)25(33)27-18(11-31)15-5-3-4-6-19(15)30-10-17(26)24-23(30)20(32)12-34-24/h7-9,11,15,17-19,23-24H,3-6,10,12H2,1-2H3,(H,27,33)/t15?,17-,18?,19-,23+,24+/m0/s1. The number of rotatable bonds is 6. The molecule has 6 atom stereocenters. The lowest BCUT2D eigenvalue weighted by atomic mass is 9.78. The molecule has 3 aliphatic rings. The number of nitrogens with zero attached hydrogens (tertiary/aromatic N) is 3. The highest BCUT2D eigenvalue weighted by Crippen LogP contribution is 2.39. The van der Waals surface area contributed by atoms with Crippen LogP contribution in [-0.4, -0.2) is 75.8 Å². The predicted molar refractivity (Wildman–Crippen MR) is 133 cm³/mol. The number of halogens is 1. The van der Waals surface area contributed by atoms with Crippen LogP contribution in [-0.2, 0) is 14.3 Å². The molecule has 1 N–H and O–H groups in total. The first-order valence-electron chi connectivity index (χ1n) is 12.1. The lowest BCUT2D eigenvalue weighted by Gasteiger charge is -2.42. The summed E-state index contributed by atoms with van der Waals surface area (Å²) in [5.41, 5.74) is 2.56. The van der Waals surface area contributed by atoms with E-state index < -0.39 is 6.04 Å². The van der Waals surface area contributed by atoms with Crippen molar-refractivity contribution in [3.63, 3.8) is 0 Å². The number of carbonyl (C=O) groups is 3. The summed E-state index contributed by atoms with van der Waals surface area (Å²) in [6.45, 7) is 4.41. The topological polar surface area (TPSA) is 101 Å². The van der Waals surface area contributed by atoms with E-state index in [-0.39, 0.29) is 47.8 Å². The summed E-state index contributed by atoms with van der Waals surface area (Å²) in [7, 11) is 0. The van der Waals surface area contributed by atoms with Crippen LogP contribution >= 0.6 is 22.9 Å². The highest BCUT2D eigenvalue weighted by molar-refractivity contribution is 7.17. The molecular formula is C25H29ClN4O4S. The molecule has 3 fully saturated rings. The number of Topliss-reactive ketones (excluding diaryl/α,β-unsaturated/α-hetero) is 1. The van der Waals surface area contributed by atoms with E-state index in [1.54, 1.807) is 6.07 Å². The van der Waals surface area contributed by atoms with Crippen LogP contribution in [0.4, 0.5) is 0 Å². The second-order valence-corrected chi connectivity index (χ2v) is 11.3.